The third-order valence-corrected chi connectivity index (χ3v) is 7.00. The number of nitrogens with zero attached hydrogens (tertiary/aromatic N) is 3. The van der Waals surface area contributed by atoms with Crippen LogP contribution in [-0.2, 0) is 0 Å². The molecule has 5 heteroatoms. The zero-order valence-electron chi connectivity index (χ0n) is 15.2. The second-order valence-electron chi connectivity index (χ2n) is 6.75. The number of pyridine rings is 1. The Morgan fingerprint density at radius 1 is 0.571 bits per heavy atom. The van der Waals surface area contributed by atoms with Gasteiger partial charge in [0.15, 0.2) is 0 Å². The summed E-state index contributed by atoms with van der Waals surface area (Å²) in [5.74, 6) is 1.94. The van der Waals surface area contributed by atoms with E-state index in [4.69, 9.17) is 15.0 Å². The second-order valence-corrected chi connectivity index (χ2v) is 8.77. The number of aromatic nitrogens is 1. The Balaban J connectivity index is 1.39. The van der Waals surface area contributed by atoms with Gasteiger partial charge in [-0.1, -0.05) is 66.7 Å². The Labute approximate surface area is 173 Å². The maximum absolute atomic E-state index is 4.93. The first kappa shape index (κ1) is 17.7. The van der Waals surface area contributed by atoms with E-state index in [9.17, 15) is 0 Å². The largest absolute Gasteiger partial charge is 0.267 e. The third kappa shape index (κ3) is 3.64. The summed E-state index contributed by atoms with van der Waals surface area (Å²) in [5, 5.41) is 2.05. The Hall–Kier alpha value is -2.37. The van der Waals surface area contributed by atoms with Crippen LogP contribution in [0.3, 0.4) is 0 Å². The molecule has 0 aliphatic carbocycles. The minimum Gasteiger partial charge on any atom is -0.267 e. The molecular weight excluding hydrogens is 382 g/mol. The topological polar surface area (TPSA) is 37.6 Å². The molecule has 0 bridgehead atoms. The van der Waals surface area contributed by atoms with E-state index in [0.717, 1.165) is 33.0 Å². The van der Waals surface area contributed by atoms with Gasteiger partial charge < -0.3 is 0 Å². The minimum atomic E-state index is 0.215. The summed E-state index contributed by atoms with van der Waals surface area (Å²) in [6.45, 7) is 0. The normalized spacial score (nSPS) is 21.4. The lowest BCUT2D eigenvalue weighted by molar-refractivity contribution is 0.848. The highest BCUT2D eigenvalue weighted by Gasteiger charge is 2.24. The molecule has 0 saturated heterocycles. The summed E-state index contributed by atoms with van der Waals surface area (Å²) in [5.41, 5.74) is 4.44. The molecule has 138 valence electrons. The Kier molecular flexibility index (Phi) is 5.02. The van der Waals surface area contributed by atoms with Gasteiger partial charge in [-0.25, -0.2) is 4.98 Å². The summed E-state index contributed by atoms with van der Waals surface area (Å²) in [6.07, 6.45) is 0. The SMILES string of the molecule is c1ccc(C2CSC(c3cccc(C4=NC(c5ccccc5)CS4)n3)=N2)cc1. The van der Waals surface area contributed by atoms with Gasteiger partial charge in [0.05, 0.1) is 23.5 Å². The molecule has 0 N–H and O–H groups in total. The molecule has 28 heavy (non-hydrogen) atoms. The van der Waals surface area contributed by atoms with Gasteiger partial charge >= 0.3 is 0 Å². The van der Waals surface area contributed by atoms with Crippen molar-refractivity contribution in [3.05, 3.63) is 101 Å². The van der Waals surface area contributed by atoms with E-state index >= 15 is 0 Å². The molecule has 0 saturated carbocycles. The van der Waals surface area contributed by atoms with Gasteiger partial charge in [-0.2, -0.15) is 0 Å². The molecular formula is C23H19N3S2. The van der Waals surface area contributed by atoms with Crippen molar-refractivity contribution >= 4 is 33.6 Å². The molecule has 0 amide bonds. The Morgan fingerprint density at radius 2 is 1.04 bits per heavy atom. The standard InChI is InChI=1S/C23H19N3S2/c1-3-8-16(9-4-1)20-14-27-22(25-20)18-12-7-13-19(24-18)23-26-21(15-28-23)17-10-5-2-6-11-17/h1-13,20-21H,14-15H2. The van der Waals surface area contributed by atoms with Crippen LogP contribution in [0.1, 0.15) is 34.6 Å². The van der Waals surface area contributed by atoms with E-state index in [-0.39, 0.29) is 12.1 Å². The van der Waals surface area contributed by atoms with Crippen LogP contribution in [-0.4, -0.2) is 26.6 Å². The zero-order chi connectivity index (χ0) is 18.8. The lowest BCUT2D eigenvalue weighted by Crippen LogP contribution is -2.03. The Bertz CT molecular complexity index is 951. The first-order valence-electron chi connectivity index (χ1n) is 9.36. The highest BCUT2D eigenvalue weighted by atomic mass is 32.2. The lowest BCUT2D eigenvalue weighted by Gasteiger charge is -2.05. The molecule has 5 rings (SSSR count). The molecule has 1 aromatic heterocycles. The molecule has 3 nitrogen and oxygen atoms in total. The molecule has 3 heterocycles. The summed E-state index contributed by atoms with van der Waals surface area (Å²) < 4.78 is 0. The van der Waals surface area contributed by atoms with Crippen LogP contribution in [0.2, 0.25) is 0 Å². The van der Waals surface area contributed by atoms with Crippen molar-refractivity contribution in [2.75, 3.05) is 11.5 Å². The van der Waals surface area contributed by atoms with Crippen LogP contribution in [0.5, 0.6) is 0 Å². The first-order chi connectivity index (χ1) is 13.9. The van der Waals surface area contributed by atoms with E-state index in [1.165, 1.54) is 11.1 Å². The number of hydrogen-bond donors (Lipinski definition) is 0. The highest BCUT2D eigenvalue weighted by molar-refractivity contribution is 8.15. The number of benzene rings is 2. The minimum absolute atomic E-state index is 0.215. The second kappa shape index (κ2) is 7.94. The third-order valence-electron chi connectivity index (χ3n) is 4.86. The summed E-state index contributed by atoms with van der Waals surface area (Å²) in [6, 6.07) is 27.6. The van der Waals surface area contributed by atoms with Crippen molar-refractivity contribution in [1.29, 1.82) is 0 Å². The fraction of sp³-hybridized carbons (Fsp3) is 0.174. The summed E-state index contributed by atoms with van der Waals surface area (Å²) in [4.78, 5) is 14.7. The lowest BCUT2D eigenvalue weighted by atomic mass is 10.1. The zero-order valence-corrected chi connectivity index (χ0v) is 16.9. The molecule has 2 atom stereocenters. The molecule has 0 spiro atoms. The maximum Gasteiger partial charge on any atom is 0.117 e. The van der Waals surface area contributed by atoms with E-state index < -0.39 is 0 Å². The summed E-state index contributed by atoms with van der Waals surface area (Å²) >= 11 is 3.58. The van der Waals surface area contributed by atoms with Crippen molar-refractivity contribution in [2.24, 2.45) is 9.98 Å². The van der Waals surface area contributed by atoms with Gasteiger partial charge in [-0.3, -0.25) is 9.98 Å². The quantitative estimate of drug-likeness (QED) is 0.575. The fourth-order valence-corrected chi connectivity index (χ4v) is 5.49. The van der Waals surface area contributed by atoms with Crippen LogP contribution in [0.4, 0.5) is 0 Å². The van der Waals surface area contributed by atoms with Crippen molar-refractivity contribution in [2.45, 2.75) is 12.1 Å². The van der Waals surface area contributed by atoms with Crippen LogP contribution in [0, 0.1) is 0 Å². The summed E-state index contributed by atoms with van der Waals surface area (Å²) in [7, 11) is 0. The van der Waals surface area contributed by atoms with Gasteiger partial charge in [-0.15, -0.1) is 23.5 Å². The van der Waals surface area contributed by atoms with E-state index in [2.05, 4.69) is 66.7 Å². The van der Waals surface area contributed by atoms with Crippen LogP contribution in [0.25, 0.3) is 0 Å². The number of hydrogen-bond acceptors (Lipinski definition) is 5. The molecule has 0 radical (unpaired) electrons. The monoisotopic (exact) mass is 401 g/mol. The smallest absolute Gasteiger partial charge is 0.117 e. The first-order valence-corrected chi connectivity index (χ1v) is 11.3. The van der Waals surface area contributed by atoms with E-state index in [1.807, 2.05) is 12.1 Å². The predicted molar refractivity (Wildman–Crippen MR) is 121 cm³/mol. The molecule has 2 aliphatic rings. The molecule has 3 aromatic rings. The molecule has 2 aromatic carbocycles. The molecule has 2 unspecified atom stereocenters. The van der Waals surface area contributed by atoms with E-state index in [0.29, 0.717) is 0 Å². The van der Waals surface area contributed by atoms with Gasteiger partial charge in [0.2, 0.25) is 0 Å². The molecule has 2 aliphatic heterocycles. The van der Waals surface area contributed by atoms with Crippen LogP contribution in [0.15, 0.2) is 88.8 Å². The predicted octanol–water partition coefficient (Wildman–Crippen LogP) is 5.55. The van der Waals surface area contributed by atoms with Crippen molar-refractivity contribution in [3.8, 4) is 0 Å². The van der Waals surface area contributed by atoms with Crippen LogP contribution >= 0.6 is 23.5 Å². The van der Waals surface area contributed by atoms with Gasteiger partial charge in [-0.05, 0) is 23.3 Å². The van der Waals surface area contributed by atoms with Gasteiger partial charge in [0.25, 0.3) is 0 Å². The van der Waals surface area contributed by atoms with Crippen molar-refractivity contribution < 1.29 is 0 Å². The van der Waals surface area contributed by atoms with Crippen molar-refractivity contribution in [3.63, 3.8) is 0 Å². The van der Waals surface area contributed by atoms with Crippen LogP contribution < -0.4 is 0 Å². The fourth-order valence-electron chi connectivity index (χ4n) is 3.39. The van der Waals surface area contributed by atoms with E-state index in [1.54, 1.807) is 23.5 Å². The Morgan fingerprint density at radius 3 is 1.50 bits per heavy atom. The number of rotatable bonds is 4. The van der Waals surface area contributed by atoms with Crippen molar-refractivity contribution in [1.82, 2.24) is 4.98 Å². The molecule has 0 fully saturated rings. The van der Waals surface area contributed by atoms with Gasteiger partial charge in [0.1, 0.15) is 10.1 Å². The average Bonchev–Trinajstić information content (AvgIpc) is 3.46. The maximum atomic E-state index is 4.93. The van der Waals surface area contributed by atoms with Gasteiger partial charge in [0, 0.05) is 11.5 Å². The number of thioether (sulfide) groups is 2. The highest BCUT2D eigenvalue weighted by Crippen LogP contribution is 2.34. The average molecular weight is 402 g/mol. The number of aliphatic imine (C=N–C) groups is 2.